The van der Waals surface area contributed by atoms with Crippen LogP contribution in [-0.4, -0.2) is 35.1 Å². The van der Waals surface area contributed by atoms with Crippen molar-refractivity contribution in [2.24, 2.45) is 0 Å². The van der Waals surface area contributed by atoms with Crippen molar-refractivity contribution in [3.05, 3.63) is 34.3 Å². The van der Waals surface area contributed by atoms with Crippen LogP contribution in [0.25, 0.3) is 0 Å². The molecular formula is C13H16ClNO2. The molecule has 1 aromatic carbocycles. The SMILES string of the molecule is Cc1ccc(C(=O)N2CCC(O)CC2)cc1Cl. The number of aliphatic hydroxyl groups excluding tert-OH is 1. The molecule has 1 fully saturated rings. The first-order valence-corrected chi connectivity index (χ1v) is 6.19. The molecule has 92 valence electrons. The Morgan fingerprint density at radius 2 is 2.06 bits per heavy atom. The summed E-state index contributed by atoms with van der Waals surface area (Å²) in [6, 6.07) is 5.37. The average Bonchev–Trinajstić information content (AvgIpc) is 2.33. The van der Waals surface area contributed by atoms with E-state index in [9.17, 15) is 9.90 Å². The highest BCUT2D eigenvalue weighted by molar-refractivity contribution is 6.31. The molecule has 1 aliphatic heterocycles. The number of likely N-dealkylation sites (tertiary alicyclic amines) is 1. The number of benzene rings is 1. The van der Waals surface area contributed by atoms with Gasteiger partial charge in [0.15, 0.2) is 0 Å². The molecule has 0 bridgehead atoms. The maximum atomic E-state index is 12.2. The van der Waals surface area contributed by atoms with Crippen molar-refractivity contribution in [1.82, 2.24) is 4.90 Å². The van der Waals surface area contributed by atoms with Gasteiger partial charge in [0.25, 0.3) is 5.91 Å². The molecule has 4 heteroatoms. The average molecular weight is 254 g/mol. The molecule has 17 heavy (non-hydrogen) atoms. The fraction of sp³-hybridized carbons (Fsp3) is 0.462. The lowest BCUT2D eigenvalue weighted by Crippen LogP contribution is -2.40. The third-order valence-electron chi connectivity index (χ3n) is 3.17. The minimum Gasteiger partial charge on any atom is -0.393 e. The first kappa shape index (κ1) is 12.4. The molecular weight excluding hydrogens is 238 g/mol. The number of piperidine rings is 1. The lowest BCUT2D eigenvalue weighted by Gasteiger charge is -2.29. The van der Waals surface area contributed by atoms with Crippen LogP contribution in [0, 0.1) is 6.92 Å². The smallest absolute Gasteiger partial charge is 0.253 e. The van der Waals surface area contributed by atoms with Crippen LogP contribution < -0.4 is 0 Å². The van der Waals surface area contributed by atoms with Gasteiger partial charge < -0.3 is 10.0 Å². The van der Waals surface area contributed by atoms with E-state index >= 15 is 0 Å². The van der Waals surface area contributed by atoms with Gasteiger partial charge in [0, 0.05) is 23.7 Å². The highest BCUT2D eigenvalue weighted by atomic mass is 35.5. The minimum atomic E-state index is -0.263. The Labute approximate surface area is 106 Å². The highest BCUT2D eigenvalue weighted by Gasteiger charge is 2.22. The van der Waals surface area contributed by atoms with E-state index in [1.54, 1.807) is 17.0 Å². The molecule has 3 nitrogen and oxygen atoms in total. The zero-order valence-corrected chi connectivity index (χ0v) is 10.6. The number of carbonyl (C=O) groups excluding carboxylic acids is 1. The fourth-order valence-corrected chi connectivity index (χ4v) is 2.16. The molecule has 0 radical (unpaired) electrons. The van der Waals surface area contributed by atoms with E-state index in [2.05, 4.69) is 0 Å². The minimum absolute atomic E-state index is 0.00111. The molecule has 2 rings (SSSR count). The number of amides is 1. The number of aliphatic hydroxyl groups is 1. The summed E-state index contributed by atoms with van der Waals surface area (Å²) in [5.41, 5.74) is 1.59. The van der Waals surface area contributed by atoms with E-state index in [1.807, 2.05) is 13.0 Å². The zero-order valence-electron chi connectivity index (χ0n) is 9.82. The van der Waals surface area contributed by atoms with Crippen LogP contribution in [0.2, 0.25) is 5.02 Å². The zero-order chi connectivity index (χ0) is 12.4. The Balaban J connectivity index is 2.11. The number of carbonyl (C=O) groups is 1. The second kappa shape index (κ2) is 5.07. The monoisotopic (exact) mass is 253 g/mol. The quantitative estimate of drug-likeness (QED) is 0.834. The van der Waals surface area contributed by atoms with E-state index in [4.69, 9.17) is 11.6 Å². The van der Waals surface area contributed by atoms with Crippen LogP contribution >= 0.6 is 11.6 Å². The van der Waals surface area contributed by atoms with Gasteiger partial charge in [-0.3, -0.25) is 4.79 Å². The van der Waals surface area contributed by atoms with Gasteiger partial charge in [0.05, 0.1) is 6.10 Å². The number of hydrogen-bond acceptors (Lipinski definition) is 2. The van der Waals surface area contributed by atoms with Crippen LogP contribution in [0.4, 0.5) is 0 Å². The molecule has 0 spiro atoms. The standard InChI is InChI=1S/C13H16ClNO2/c1-9-2-3-10(8-12(9)14)13(17)15-6-4-11(16)5-7-15/h2-3,8,11,16H,4-7H2,1H3. The van der Waals surface area contributed by atoms with Crippen LogP contribution in [0.3, 0.4) is 0 Å². The van der Waals surface area contributed by atoms with Gasteiger partial charge in [-0.05, 0) is 37.5 Å². The summed E-state index contributed by atoms with van der Waals surface area (Å²) in [5.74, 6) is -0.00111. The molecule has 0 saturated carbocycles. The number of nitrogens with zero attached hydrogens (tertiary/aromatic N) is 1. The molecule has 0 unspecified atom stereocenters. The molecule has 1 aliphatic rings. The Hall–Kier alpha value is -1.06. The third kappa shape index (κ3) is 2.79. The second-order valence-electron chi connectivity index (χ2n) is 4.49. The maximum absolute atomic E-state index is 12.2. The molecule has 1 aromatic rings. The summed E-state index contributed by atoms with van der Waals surface area (Å²) in [5, 5.41) is 10.0. The summed E-state index contributed by atoms with van der Waals surface area (Å²) in [7, 11) is 0. The molecule has 1 heterocycles. The van der Waals surface area contributed by atoms with Crippen molar-refractivity contribution >= 4 is 17.5 Å². The van der Waals surface area contributed by atoms with Crippen molar-refractivity contribution in [2.45, 2.75) is 25.9 Å². The van der Waals surface area contributed by atoms with E-state index in [1.165, 1.54) is 0 Å². The number of hydrogen-bond donors (Lipinski definition) is 1. The fourth-order valence-electron chi connectivity index (χ4n) is 1.98. The third-order valence-corrected chi connectivity index (χ3v) is 3.58. The van der Waals surface area contributed by atoms with E-state index in [0.29, 0.717) is 36.5 Å². The Morgan fingerprint density at radius 3 is 2.65 bits per heavy atom. The molecule has 1 amide bonds. The van der Waals surface area contributed by atoms with Crippen LogP contribution in [-0.2, 0) is 0 Å². The lowest BCUT2D eigenvalue weighted by molar-refractivity contribution is 0.0546. The summed E-state index contributed by atoms with van der Waals surface area (Å²) >= 11 is 6.01. The molecule has 1 N–H and O–H groups in total. The second-order valence-corrected chi connectivity index (χ2v) is 4.89. The summed E-state index contributed by atoms with van der Waals surface area (Å²) < 4.78 is 0. The van der Waals surface area contributed by atoms with E-state index < -0.39 is 0 Å². The van der Waals surface area contributed by atoms with Crippen molar-refractivity contribution < 1.29 is 9.90 Å². The number of halogens is 1. The van der Waals surface area contributed by atoms with Gasteiger partial charge in [0.1, 0.15) is 0 Å². The first-order valence-electron chi connectivity index (χ1n) is 5.81. The van der Waals surface area contributed by atoms with Crippen molar-refractivity contribution in [3.8, 4) is 0 Å². The maximum Gasteiger partial charge on any atom is 0.253 e. The van der Waals surface area contributed by atoms with Gasteiger partial charge in [-0.25, -0.2) is 0 Å². The molecule has 0 atom stereocenters. The van der Waals surface area contributed by atoms with E-state index in [0.717, 1.165) is 5.56 Å². The predicted octanol–water partition coefficient (Wildman–Crippen LogP) is 2.25. The lowest BCUT2D eigenvalue weighted by atomic mass is 10.1. The topological polar surface area (TPSA) is 40.5 Å². The largest absolute Gasteiger partial charge is 0.393 e. The van der Waals surface area contributed by atoms with Gasteiger partial charge in [-0.1, -0.05) is 17.7 Å². The van der Waals surface area contributed by atoms with Crippen molar-refractivity contribution in [1.29, 1.82) is 0 Å². The Morgan fingerprint density at radius 1 is 1.41 bits per heavy atom. The predicted molar refractivity (Wildman–Crippen MR) is 67.3 cm³/mol. The summed E-state index contributed by atoms with van der Waals surface area (Å²) in [4.78, 5) is 13.9. The Kier molecular flexibility index (Phi) is 3.69. The normalized spacial score (nSPS) is 17.2. The van der Waals surface area contributed by atoms with Crippen LogP contribution in [0.1, 0.15) is 28.8 Å². The van der Waals surface area contributed by atoms with E-state index in [-0.39, 0.29) is 12.0 Å². The van der Waals surface area contributed by atoms with Gasteiger partial charge >= 0.3 is 0 Å². The van der Waals surface area contributed by atoms with Crippen molar-refractivity contribution in [2.75, 3.05) is 13.1 Å². The van der Waals surface area contributed by atoms with Gasteiger partial charge in [0.2, 0.25) is 0 Å². The highest BCUT2D eigenvalue weighted by Crippen LogP contribution is 2.19. The first-order chi connectivity index (χ1) is 8.08. The molecule has 0 aliphatic carbocycles. The van der Waals surface area contributed by atoms with Gasteiger partial charge in [-0.15, -0.1) is 0 Å². The number of rotatable bonds is 1. The summed E-state index contributed by atoms with van der Waals surface area (Å²) in [6.45, 7) is 3.14. The number of aryl methyl sites for hydroxylation is 1. The molecule has 1 saturated heterocycles. The summed E-state index contributed by atoms with van der Waals surface area (Å²) in [6.07, 6.45) is 1.05. The van der Waals surface area contributed by atoms with Crippen molar-refractivity contribution in [3.63, 3.8) is 0 Å². The van der Waals surface area contributed by atoms with Crippen LogP contribution in [0.15, 0.2) is 18.2 Å². The van der Waals surface area contributed by atoms with Gasteiger partial charge in [-0.2, -0.15) is 0 Å². The van der Waals surface area contributed by atoms with Crippen LogP contribution in [0.5, 0.6) is 0 Å². The Bertz CT molecular complexity index is 425. The molecule has 0 aromatic heterocycles.